The molecule has 0 unspecified atom stereocenters. The van der Waals surface area contributed by atoms with Crippen LogP contribution >= 0.6 is 0 Å². The van der Waals surface area contributed by atoms with Gasteiger partial charge in [-0.2, -0.15) is 0 Å². The summed E-state index contributed by atoms with van der Waals surface area (Å²) in [6, 6.07) is 10.9. The summed E-state index contributed by atoms with van der Waals surface area (Å²) >= 11 is 0. The molecule has 1 aliphatic rings. The maximum Gasteiger partial charge on any atom is 0.123 e. The molecule has 21 heavy (non-hydrogen) atoms. The molecule has 0 aliphatic heterocycles. The Balaban J connectivity index is 2.26. The molecule has 2 aromatic rings. The van der Waals surface area contributed by atoms with E-state index in [4.69, 9.17) is 0 Å². The first kappa shape index (κ1) is 14.2. The number of fused-ring (bicyclic) bond motifs is 3. The van der Waals surface area contributed by atoms with Crippen LogP contribution in [0.3, 0.4) is 0 Å². The van der Waals surface area contributed by atoms with Crippen molar-refractivity contribution in [3.63, 3.8) is 0 Å². The van der Waals surface area contributed by atoms with Gasteiger partial charge in [-0.1, -0.05) is 57.0 Å². The monoisotopic (exact) mass is 280 g/mol. The molecule has 3 rings (SSSR count). The molecule has 0 aromatic heterocycles. The highest BCUT2D eigenvalue weighted by molar-refractivity contribution is 5.80. The van der Waals surface area contributed by atoms with Crippen LogP contribution in [0, 0.1) is 6.92 Å². The Kier molecular flexibility index (Phi) is 3.32. The summed E-state index contributed by atoms with van der Waals surface area (Å²) in [7, 11) is 0. The molecule has 2 aromatic carbocycles. The second kappa shape index (κ2) is 4.91. The van der Waals surface area contributed by atoms with Crippen molar-refractivity contribution in [1.29, 1.82) is 0 Å². The van der Waals surface area contributed by atoms with E-state index in [1.54, 1.807) is 0 Å². The quantitative estimate of drug-likeness (QED) is 0.806. The van der Waals surface area contributed by atoms with Gasteiger partial charge in [0.05, 0.1) is 0 Å². The summed E-state index contributed by atoms with van der Waals surface area (Å²) in [5.74, 6) is 0.443. The second-order valence-electron chi connectivity index (χ2n) is 7.01. The van der Waals surface area contributed by atoms with Crippen LogP contribution < -0.4 is 0 Å². The Morgan fingerprint density at radius 1 is 1.14 bits per heavy atom. The molecule has 0 heterocycles. The van der Waals surface area contributed by atoms with Gasteiger partial charge in [0.1, 0.15) is 5.75 Å². The third-order valence-corrected chi connectivity index (χ3v) is 4.60. The molecule has 0 atom stereocenters. The van der Waals surface area contributed by atoms with Crippen molar-refractivity contribution < 1.29 is 5.11 Å². The van der Waals surface area contributed by atoms with Crippen LogP contribution in [0.2, 0.25) is 0 Å². The predicted octanol–water partition coefficient (Wildman–Crippen LogP) is 5.15. The average molecular weight is 280 g/mol. The first-order chi connectivity index (χ1) is 9.92. The summed E-state index contributed by atoms with van der Waals surface area (Å²) in [4.78, 5) is 0. The van der Waals surface area contributed by atoms with Gasteiger partial charge in [-0.05, 0) is 53.5 Å². The largest absolute Gasteiger partial charge is 0.507 e. The molecular formula is C20H24O. The number of rotatable bonds is 2. The maximum atomic E-state index is 10.6. The molecule has 0 spiro atoms. The van der Waals surface area contributed by atoms with Gasteiger partial charge < -0.3 is 5.11 Å². The van der Waals surface area contributed by atoms with Gasteiger partial charge in [0.25, 0.3) is 0 Å². The number of hydrogen-bond donors (Lipinski definition) is 1. The van der Waals surface area contributed by atoms with E-state index in [9.17, 15) is 5.11 Å². The van der Waals surface area contributed by atoms with E-state index in [2.05, 4.69) is 52.0 Å². The smallest absolute Gasteiger partial charge is 0.123 e. The zero-order valence-corrected chi connectivity index (χ0v) is 13.5. The minimum Gasteiger partial charge on any atom is -0.507 e. The molecule has 0 bridgehead atoms. The fraction of sp³-hybridized carbons (Fsp3) is 0.400. The lowest BCUT2D eigenvalue weighted by Crippen LogP contribution is -2.25. The zero-order valence-electron chi connectivity index (χ0n) is 13.5. The van der Waals surface area contributed by atoms with Crippen molar-refractivity contribution in [2.75, 3.05) is 0 Å². The van der Waals surface area contributed by atoms with E-state index < -0.39 is 0 Å². The summed E-state index contributed by atoms with van der Waals surface area (Å²) < 4.78 is 0. The minimum absolute atomic E-state index is 0.118. The Labute approximate surface area is 127 Å². The van der Waals surface area contributed by atoms with E-state index in [1.807, 2.05) is 6.07 Å². The van der Waals surface area contributed by atoms with E-state index >= 15 is 0 Å². The van der Waals surface area contributed by atoms with Crippen molar-refractivity contribution in [2.45, 2.75) is 52.4 Å². The third-order valence-electron chi connectivity index (χ3n) is 4.60. The van der Waals surface area contributed by atoms with Crippen LogP contribution in [0.1, 0.15) is 49.4 Å². The average Bonchev–Trinajstić information content (AvgIpc) is 2.37. The zero-order chi connectivity index (χ0) is 15.2. The molecule has 1 N–H and O–H groups in total. The molecule has 0 saturated carbocycles. The van der Waals surface area contributed by atoms with Crippen LogP contribution in [0.5, 0.6) is 5.75 Å². The number of benzene rings is 2. The molecule has 110 valence electrons. The van der Waals surface area contributed by atoms with E-state index in [0.717, 1.165) is 24.8 Å². The van der Waals surface area contributed by atoms with Crippen LogP contribution in [0.4, 0.5) is 0 Å². The van der Waals surface area contributed by atoms with Gasteiger partial charge in [-0.25, -0.2) is 0 Å². The van der Waals surface area contributed by atoms with Crippen molar-refractivity contribution in [2.24, 2.45) is 0 Å². The molecule has 0 fully saturated rings. The Morgan fingerprint density at radius 3 is 2.62 bits per heavy atom. The lowest BCUT2D eigenvalue weighted by atomic mass is 9.69. The van der Waals surface area contributed by atoms with Gasteiger partial charge in [-0.3, -0.25) is 0 Å². The molecule has 1 heteroatoms. The SMILES string of the molecule is CCCc1cc(O)c2c(c1)CC(C)(C)c1ccc(C)cc1-2. The second-order valence-corrected chi connectivity index (χ2v) is 7.01. The number of phenolic OH excluding ortho intramolecular Hbond substituents is 1. The summed E-state index contributed by atoms with van der Waals surface area (Å²) in [5.41, 5.74) is 7.51. The fourth-order valence-corrected chi connectivity index (χ4v) is 3.66. The van der Waals surface area contributed by atoms with Crippen molar-refractivity contribution in [1.82, 2.24) is 0 Å². The van der Waals surface area contributed by atoms with E-state index in [0.29, 0.717) is 5.75 Å². The Hall–Kier alpha value is -1.76. The topological polar surface area (TPSA) is 20.2 Å². The highest BCUT2D eigenvalue weighted by Gasteiger charge is 2.32. The maximum absolute atomic E-state index is 10.6. The van der Waals surface area contributed by atoms with Gasteiger partial charge in [0.2, 0.25) is 0 Å². The number of hydrogen-bond acceptors (Lipinski definition) is 1. The van der Waals surface area contributed by atoms with Crippen LogP contribution in [0.25, 0.3) is 11.1 Å². The standard InChI is InChI=1S/C20H24O/c1-5-6-14-10-15-12-20(3,4)17-8-7-13(2)9-16(17)19(15)18(21)11-14/h7-11,21H,5-6,12H2,1-4H3. The number of phenols is 1. The number of aromatic hydroxyl groups is 1. The van der Waals surface area contributed by atoms with Gasteiger partial charge in [0.15, 0.2) is 0 Å². The predicted molar refractivity (Wildman–Crippen MR) is 89.0 cm³/mol. The Morgan fingerprint density at radius 2 is 1.90 bits per heavy atom. The van der Waals surface area contributed by atoms with Crippen LogP contribution in [0.15, 0.2) is 30.3 Å². The van der Waals surface area contributed by atoms with E-state index in [1.165, 1.54) is 27.8 Å². The van der Waals surface area contributed by atoms with Crippen molar-refractivity contribution >= 4 is 0 Å². The summed E-state index contributed by atoms with van der Waals surface area (Å²) in [6.07, 6.45) is 3.13. The first-order valence-corrected chi connectivity index (χ1v) is 7.88. The van der Waals surface area contributed by atoms with Crippen LogP contribution in [-0.2, 0) is 18.3 Å². The summed E-state index contributed by atoms with van der Waals surface area (Å²) in [5, 5.41) is 10.6. The summed E-state index contributed by atoms with van der Waals surface area (Å²) in [6.45, 7) is 8.89. The third kappa shape index (κ3) is 2.35. The van der Waals surface area contributed by atoms with Gasteiger partial charge in [-0.15, -0.1) is 0 Å². The number of aryl methyl sites for hydroxylation is 2. The highest BCUT2D eigenvalue weighted by Crippen LogP contribution is 2.47. The molecule has 0 radical (unpaired) electrons. The fourth-order valence-electron chi connectivity index (χ4n) is 3.66. The molecule has 1 nitrogen and oxygen atoms in total. The lowest BCUT2D eigenvalue weighted by molar-refractivity contribution is 0.469. The van der Waals surface area contributed by atoms with Gasteiger partial charge >= 0.3 is 0 Å². The molecular weight excluding hydrogens is 256 g/mol. The van der Waals surface area contributed by atoms with E-state index in [-0.39, 0.29) is 5.41 Å². The van der Waals surface area contributed by atoms with Gasteiger partial charge in [0, 0.05) is 5.56 Å². The minimum atomic E-state index is 0.118. The molecule has 0 amide bonds. The molecule has 1 aliphatic carbocycles. The van der Waals surface area contributed by atoms with Crippen molar-refractivity contribution in [3.05, 3.63) is 52.6 Å². The molecule has 0 saturated heterocycles. The highest BCUT2D eigenvalue weighted by atomic mass is 16.3. The van der Waals surface area contributed by atoms with Crippen LogP contribution in [-0.4, -0.2) is 5.11 Å². The normalized spacial score (nSPS) is 15.4. The van der Waals surface area contributed by atoms with Crippen molar-refractivity contribution in [3.8, 4) is 16.9 Å². The first-order valence-electron chi connectivity index (χ1n) is 7.88. The Bertz CT molecular complexity index is 695. The lowest BCUT2D eigenvalue weighted by Gasteiger charge is -2.35.